The van der Waals surface area contributed by atoms with Crippen LogP contribution in [0.3, 0.4) is 0 Å². The second-order valence-corrected chi connectivity index (χ2v) is 9.78. The van der Waals surface area contributed by atoms with E-state index in [1.165, 1.54) is 27.1 Å². The third-order valence-electron chi connectivity index (χ3n) is 3.95. The summed E-state index contributed by atoms with van der Waals surface area (Å²) in [6.45, 7) is 3.10. The summed E-state index contributed by atoms with van der Waals surface area (Å²) < 4.78 is 92.8. The summed E-state index contributed by atoms with van der Waals surface area (Å²) in [5.41, 5.74) is 0.722. The molecule has 0 aromatic heterocycles. The number of halogens is 3. The van der Waals surface area contributed by atoms with Gasteiger partial charge in [-0.3, -0.25) is 4.72 Å². The molecule has 0 heterocycles. The molecule has 0 bridgehead atoms. The summed E-state index contributed by atoms with van der Waals surface area (Å²) in [4.78, 5) is -1.28. The fourth-order valence-corrected chi connectivity index (χ4v) is 4.41. The predicted octanol–water partition coefficient (Wildman–Crippen LogP) is 2.77. The summed E-state index contributed by atoms with van der Waals surface area (Å²) in [5.74, 6) is -5.32. The van der Waals surface area contributed by atoms with Gasteiger partial charge in [0.2, 0.25) is 10.0 Å². The molecule has 0 aliphatic heterocycles. The molecule has 2 rings (SSSR count). The first-order valence-electron chi connectivity index (χ1n) is 7.49. The van der Waals surface area contributed by atoms with E-state index in [2.05, 4.69) is 0 Å². The summed E-state index contributed by atoms with van der Waals surface area (Å²) in [6.07, 6.45) is 0. The molecule has 2 aromatic carbocycles. The van der Waals surface area contributed by atoms with Crippen LogP contribution in [0.2, 0.25) is 0 Å². The number of hydrogen-bond acceptors (Lipinski definition) is 4. The summed E-state index contributed by atoms with van der Waals surface area (Å²) in [7, 11) is -5.89. The van der Waals surface area contributed by atoms with Crippen molar-refractivity contribution < 1.29 is 30.0 Å². The van der Waals surface area contributed by atoms with Gasteiger partial charge < -0.3 is 0 Å². The van der Waals surface area contributed by atoms with Crippen LogP contribution in [0, 0.1) is 31.3 Å². The standard InChI is InChI=1S/C16H17F3N2O4S2/c1-9-7-11(27(24,25)21(3)4)8-13(10(9)2)20-26(22,23)14-6-5-12(17)15(18)16(14)19/h5-8,20H,1-4H3. The molecule has 0 fully saturated rings. The number of hydrogen-bond donors (Lipinski definition) is 1. The van der Waals surface area contributed by atoms with Gasteiger partial charge in [0.25, 0.3) is 10.0 Å². The Hall–Kier alpha value is -2.11. The number of sulfonamides is 2. The molecule has 0 saturated heterocycles. The van der Waals surface area contributed by atoms with Gasteiger partial charge in [-0.05, 0) is 49.2 Å². The quantitative estimate of drug-likeness (QED) is 0.751. The van der Waals surface area contributed by atoms with Crippen LogP contribution in [0.1, 0.15) is 11.1 Å². The minimum Gasteiger partial charge on any atom is -0.279 e. The van der Waals surface area contributed by atoms with E-state index < -0.39 is 42.4 Å². The van der Waals surface area contributed by atoms with Crippen LogP contribution < -0.4 is 4.72 Å². The maximum Gasteiger partial charge on any atom is 0.264 e. The monoisotopic (exact) mass is 422 g/mol. The van der Waals surface area contributed by atoms with Gasteiger partial charge in [-0.25, -0.2) is 34.3 Å². The Morgan fingerprint density at radius 2 is 1.52 bits per heavy atom. The molecule has 0 aliphatic carbocycles. The predicted molar refractivity (Wildman–Crippen MR) is 93.9 cm³/mol. The lowest BCUT2D eigenvalue weighted by Gasteiger charge is -2.17. The van der Waals surface area contributed by atoms with Crippen molar-refractivity contribution in [2.45, 2.75) is 23.6 Å². The molecule has 11 heteroatoms. The van der Waals surface area contributed by atoms with Crippen molar-refractivity contribution in [2.75, 3.05) is 18.8 Å². The lowest BCUT2D eigenvalue weighted by molar-refractivity contribution is 0.432. The Kier molecular flexibility index (Phi) is 5.60. The van der Waals surface area contributed by atoms with E-state index in [0.29, 0.717) is 23.3 Å². The fraction of sp³-hybridized carbons (Fsp3) is 0.250. The van der Waals surface area contributed by atoms with Gasteiger partial charge >= 0.3 is 0 Å². The van der Waals surface area contributed by atoms with Crippen molar-refractivity contribution in [3.63, 3.8) is 0 Å². The average Bonchev–Trinajstić information content (AvgIpc) is 2.55. The van der Waals surface area contributed by atoms with Crippen LogP contribution in [-0.2, 0) is 20.0 Å². The molecule has 27 heavy (non-hydrogen) atoms. The lowest BCUT2D eigenvalue weighted by Crippen LogP contribution is -2.23. The van der Waals surface area contributed by atoms with Gasteiger partial charge in [0.15, 0.2) is 17.5 Å². The number of benzene rings is 2. The number of nitrogens with zero attached hydrogens (tertiary/aromatic N) is 1. The Balaban J connectivity index is 2.60. The van der Waals surface area contributed by atoms with Crippen molar-refractivity contribution in [1.82, 2.24) is 4.31 Å². The second-order valence-electron chi connectivity index (χ2n) is 5.98. The van der Waals surface area contributed by atoms with E-state index in [-0.39, 0.29) is 10.6 Å². The van der Waals surface area contributed by atoms with E-state index in [9.17, 15) is 30.0 Å². The van der Waals surface area contributed by atoms with Crippen molar-refractivity contribution >= 4 is 25.7 Å². The highest BCUT2D eigenvalue weighted by Crippen LogP contribution is 2.28. The average molecular weight is 422 g/mol. The van der Waals surface area contributed by atoms with Crippen LogP contribution in [0.15, 0.2) is 34.1 Å². The van der Waals surface area contributed by atoms with Crippen molar-refractivity contribution in [3.05, 3.63) is 52.8 Å². The number of aryl methyl sites for hydroxylation is 1. The van der Waals surface area contributed by atoms with Crippen LogP contribution in [0.4, 0.5) is 18.9 Å². The molecule has 6 nitrogen and oxygen atoms in total. The molecule has 0 atom stereocenters. The Morgan fingerprint density at radius 3 is 2.07 bits per heavy atom. The van der Waals surface area contributed by atoms with E-state index >= 15 is 0 Å². The molecule has 0 radical (unpaired) electrons. The topological polar surface area (TPSA) is 83.6 Å². The van der Waals surface area contributed by atoms with Gasteiger partial charge in [0.05, 0.1) is 10.6 Å². The zero-order valence-corrected chi connectivity index (χ0v) is 16.5. The molecule has 1 N–H and O–H groups in total. The molecule has 0 spiro atoms. The minimum atomic E-state index is -4.65. The zero-order valence-electron chi connectivity index (χ0n) is 14.8. The van der Waals surface area contributed by atoms with Crippen molar-refractivity contribution in [2.24, 2.45) is 0 Å². The highest BCUT2D eigenvalue weighted by atomic mass is 32.2. The molecule has 0 aliphatic rings. The fourth-order valence-electron chi connectivity index (χ4n) is 2.21. The molecule has 0 unspecified atom stereocenters. The molecule has 0 saturated carbocycles. The Morgan fingerprint density at radius 1 is 0.926 bits per heavy atom. The smallest absolute Gasteiger partial charge is 0.264 e. The molecular formula is C16H17F3N2O4S2. The minimum absolute atomic E-state index is 0.125. The summed E-state index contributed by atoms with van der Waals surface area (Å²) in [5, 5.41) is 0. The summed E-state index contributed by atoms with van der Waals surface area (Å²) >= 11 is 0. The molecule has 2 aromatic rings. The third-order valence-corrected chi connectivity index (χ3v) is 7.13. The van der Waals surface area contributed by atoms with E-state index in [0.717, 1.165) is 10.4 Å². The Labute approximate surface area is 155 Å². The number of rotatable bonds is 5. The molecule has 148 valence electrons. The largest absolute Gasteiger partial charge is 0.279 e. The Bertz CT molecular complexity index is 1110. The van der Waals surface area contributed by atoms with Crippen molar-refractivity contribution in [1.29, 1.82) is 0 Å². The van der Waals surface area contributed by atoms with Crippen molar-refractivity contribution in [3.8, 4) is 0 Å². The first-order valence-corrected chi connectivity index (χ1v) is 10.4. The number of anilines is 1. The summed E-state index contributed by atoms with van der Waals surface area (Å²) in [6, 6.07) is 3.50. The lowest BCUT2D eigenvalue weighted by atomic mass is 10.1. The van der Waals surface area contributed by atoms with Gasteiger partial charge in [0, 0.05) is 14.1 Å². The van der Waals surface area contributed by atoms with Gasteiger partial charge in [-0.1, -0.05) is 0 Å². The van der Waals surface area contributed by atoms with Crippen LogP contribution in [0.5, 0.6) is 0 Å². The van der Waals surface area contributed by atoms with Gasteiger partial charge in [-0.2, -0.15) is 0 Å². The maximum absolute atomic E-state index is 13.9. The second kappa shape index (κ2) is 7.13. The van der Waals surface area contributed by atoms with E-state index in [4.69, 9.17) is 0 Å². The third kappa shape index (κ3) is 3.94. The first-order chi connectivity index (χ1) is 12.3. The maximum atomic E-state index is 13.9. The normalized spacial score (nSPS) is 12.4. The first kappa shape index (κ1) is 21.2. The molecule has 0 amide bonds. The zero-order chi connectivity index (χ0) is 20.7. The van der Waals surface area contributed by atoms with Crippen LogP contribution in [-0.4, -0.2) is 35.2 Å². The van der Waals surface area contributed by atoms with Crippen LogP contribution >= 0.6 is 0 Å². The van der Waals surface area contributed by atoms with Crippen LogP contribution in [0.25, 0.3) is 0 Å². The SMILES string of the molecule is Cc1cc(S(=O)(=O)N(C)C)cc(NS(=O)(=O)c2ccc(F)c(F)c2F)c1C. The highest BCUT2D eigenvalue weighted by molar-refractivity contribution is 7.92. The highest BCUT2D eigenvalue weighted by Gasteiger charge is 2.26. The number of nitrogens with one attached hydrogen (secondary N) is 1. The molecular weight excluding hydrogens is 405 g/mol. The van der Waals surface area contributed by atoms with Gasteiger partial charge in [-0.15, -0.1) is 0 Å². The van der Waals surface area contributed by atoms with E-state index in [1.54, 1.807) is 6.92 Å². The van der Waals surface area contributed by atoms with E-state index in [1.807, 2.05) is 4.72 Å². The van der Waals surface area contributed by atoms with Gasteiger partial charge in [0.1, 0.15) is 4.90 Å².